The molecule has 0 heterocycles. The predicted octanol–water partition coefficient (Wildman–Crippen LogP) is 17.2. The van der Waals surface area contributed by atoms with Gasteiger partial charge < -0.3 is 28.5 Å². The van der Waals surface area contributed by atoms with Crippen LogP contribution in [0.1, 0.15) is 245 Å². The van der Waals surface area contributed by atoms with Gasteiger partial charge in [-0.2, -0.15) is 0 Å². The fraction of sp³-hybridized carbons (Fsp3) is 0.742. The Kier molecular flexibility index (Phi) is 49.6. The summed E-state index contributed by atoms with van der Waals surface area (Å²) in [4.78, 5) is 39.8. The number of carbonyl (C=O) groups excluding carboxylic acids is 2. The summed E-state index contributed by atoms with van der Waals surface area (Å²) < 4.78 is 30.2. The summed E-state index contributed by atoms with van der Waals surface area (Å²) >= 11 is 0. The molecule has 0 saturated carbocycles. The highest BCUT2D eigenvalue weighted by Gasteiger charge is 2.27. The molecule has 10 heteroatoms. The molecule has 416 valence electrons. The van der Waals surface area contributed by atoms with Gasteiger partial charge in [-0.25, -0.2) is 0 Å². The lowest BCUT2D eigenvalue weighted by molar-refractivity contribution is -0.870. The second-order valence-electron chi connectivity index (χ2n) is 20.8. The first-order chi connectivity index (χ1) is 34.9. The molecule has 9 nitrogen and oxygen atoms in total. The smallest absolute Gasteiger partial charge is 0.306 e. The molecule has 0 aromatic heterocycles. The molecule has 72 heavy (non-hydrogen) atoms. The first-order valence-electron chi connectivity index (χ1n) is 29.4. The number of allylic oxidation sites excluding steroid dienone is 13. The number of unbranched alkanes of at least 4 members (excludes halogenated alkanes) is 24. The molecule has 1 amide bonds. The standard InChI is InChI=1S/C62H111N2O7P/c1-7-10-13-16-19-22-25-27-29-30-31-32-33-34-35-37-40-43-46-49-52-55-62(66)71-60(53-50-47-44-41-38-24-21-18-15-12-9-3)59(58-70-72(67,68)69-57-56-64(4,5)6)63-61(65)54-51-48-45-42-39-36-28-26-23-20-17-14-11-8-2/h10,13,19,22,27,29,31-32,34-35,40,43,50,53,59-60H,7-9,11-12,14-18,20-21,23-26,28,30,33,36-39,41-42,44-49,51-52,54-58H2,1-6H3,(H-,63,65,67,68)/b13-10-,22-19-,29-27-,32-31-,35-34-,43-40-,53-50+. The van der Waals surface area contributed by atoms with Gasteiger partial charge in [0.15, 0.2) is 0 Å². The normalized spacial score (nSPS) is 14.4. The second kappa shape index (κ2) is 51.7. The third-order valence-electron chi connectivity index (χ3n) is 12.6. The van der Waals surface area contributed by atoms with E-state index in [0.717, 1.165) is 89.9 Å². The number of nitrogens with one attached hydrogen (secondary N) is 1. The van der Waals surface area contributed by atoms with Crippen molar-refractivity contribution in [3.8, 4) is 0 Å². The number of nitrogens with zero attached hydrogens (tertiary/aromatic N) is 1. The number of ether oxygens (including phenoxy) is 1. The molecule has 0 bridgehead atoms. The highest BCUT2D eigenvalue weighted by atomic mass is 31.2. The number of quaternary nitrogens is 1. The first-order valence-corrected chi connectivity index (χ1v) is 30.9. The summed E-state index contributed by atoms with van der Waals surface area (Å²) in [5.74, 6) is -0.592. The van der Waals surface area contributed by atoms with Gasteiger partial charge in [0, 0.05) is 12.8 Å². The number of carbonyl (C=O) groups is 2. The molecule has 0 aliphatic heterocycles. The molecule has 3 atom stereocenters. The summed E-state index contributed by atoms with van der Waals surface area (Å²) in [6.45, 7) is 6.69. The number of hydrogen-bond acceptors (Lipinski definition) is 7. The molecule has 3 unspecified atom stereocenters. The van der Waals surface area contributed by atoms with Crippen LogP contribution in [-0.4, -0.2) is 69.4 Å². The van der Waals surface area contributed by atoms with E-state index in [1.165, 1.54) is 116 Å². The third kappa shape index (κ3) is 52.1. The monoisotopic (exact) mass is 1030 g/mol. The average Bonchev–Trinajstić information content (AvgIpc) is 3.34. The van der Waals surface area contributed by atoms with Crippen molar-refractivity contribution in [1.29, 1.82) is 0 Å². The molecule has 0 aliphatic carbocycles. The Hall–Kier alpha value is -2.81. The Balaban J connectivity index is 5.35. The zero-order valence-corrected chi connectivity index (χ0v) is 48.3. The van der Waals surface area contributed by atoms with Crippen LogP contribution in [0.4, 0.5) is 0 Å². The van der Waals surface area contributed by atoms with E-state index in [2.05, 4.69) is 99.0 Å². The van der Waals surface area contributed by atoms with Gasteiger partial charge in [-0.15, -0.1) is 0 Å². The van der Waals surface area contributed by atoms with Gasteiger partial charge in [-0.3, -0.25) is 14.2 Å². The van der Waals surface area contributed by atoms with Crippen LogP contribution >= 0.6 is 7.82 Å². The van der Waals surface area contributed by atoms with Crippen LogP contribution in [0.2, 0.25) is 0 Å². The van der Waals surface area contributed by atoms with Gasteiger partial charge in [0.05, 0.1) is 33.8 Å². The topological polar surface area (TPSA) is 114 Å². The number of phosphoric ester groups is 1. The molecule has 0 rings (SSSR count). The maximum atomic E-state index is 13.5. The molecular weight excluding hydrogens is 916 g/mol. The molecule has 1 N–H and O–H groups in total. The Labute approximate surface area is 444 Å². The lowest BCUT2D eigenvalue weighted by Gasteiger charge is -2.30. The van der Waals surface area contributed by atoms with Crippen LogP contribution in [-0.2, 0) is 27.9 Å². The molecule has 0 radical (unpaired) electrons. The summed E-state index contributed by atoms with van der Waals surface area (Å²) in [6.07, 6.45) is 66.9. The number of amides is 1. The molecule has 0 fully saturated rings. The highest BCUT2D eigenvalue weighted by Crippen LogP contribution is 2.38. The first kappa shape index (κ1) is 69.2. The van der Waals surface area contributed by atoms with E-state index in [0.29, 0.717) is 23.9 Å². The van der Waals surface area contributed by atoms with Crippen molar-refractivity contribution in [1.82, 2.24) is 5.32 Å². The second-order valence-corrected chi connectivity index (χ2v) is 22.2. The Morgan fingerprint density at radius 2 is 0.889 bits per heavy atom. The summed E-state index contributed by atoms with van der Waals surface area (Å²) in [6, 6.07) is -0.907. The van der Waals surface area contributed by atoms with Crippen LogP contribution in [0.15, 0.2) is 85.1 Å². The number of phosphoric acid groups is 1. The van der Waals surface area contributed by atoms with Crippen LogP contribution in [0.25, 0.3) is 0 Å². The molecule has 0 aromatic carbocycles. The Bertz CT molecular complexity index is 1510. The number of likely N-dealkylation sites (N-methyl/N-ethyl adjacent to an activating group) is 1. The zero-order valence-electron chi connectivity index (χ0n) is 47.4. The number of hydrogen-bond donors (Lipinski definition) is 1. The number of esters is 1. The quantitative estimate of drug-likeness (QED) is 0.0212. The predicted molar refractivity (Wildman–Crippen MR) is 307 cm³/mol. The largest absolute Gasteiger partial charge is 0.756 e. The minimum absolute atomic E-state index is 0.0317. The van der Waals surface area contributed by atoms with Crippen LogP contribution in [0, 0.1) is 0 Å². The third-order valence-corrected chi connectivity index (χ3v) is 13.6. The lowest BCUT2D eigenvalue weighted by atomic mass is 10.0. The van der Waals surface area contributed by atoms with Gasteiger partial charge in [0.25, 0.3) is 7.82 Å². The van der Waals surface area contributed by atoms with Crippen LogP contribution in [0.3, 0.4) is 0 Å². The van der Waals surface area contributed by atoms with E-state index < -0.39 is 26.6 Å². The SMILES string of the molecule is CC/C=C\C/C=C\C/C=C\C/C=C\C/C=C\C/C=C\CCCCC(=O)OC(/C=C/CCCCCCCCCCC)C(COP(=O)([O-])OCC[N+](C)(C)C)NC(=O)CCCCCCCCCCCCCCCC. The van der Waals surface area contributed by atoms with Crippen molar-refractivity contribution < 1.29 is 37.3 Å². The van der Waals surface area contributed by atoms with Crippen molar-refractivity contribution in [2.45, 2.75) is 258 Å². The minimum atomic E-state index is -4.71. The summed E-state index contributed by atoms with van der Waals surface area (Å²) in [5, 5.41) is 3.01. The summed E-state index contributed by atoms with van der Waals surface area (Å²) in [5.41, 5.74) is 0. The zero-order chi connectivity index (χ0) is 52.9. The van der Waals surface area contributed by atoms with Crippen LogP contribution in [0.5, 0.6) is 0 Å². The fourth-order valence-electron chi connectivity index (χ4n) is 8.05. The van der Waals surface area contributed by atoms with E-state index in [4.69, 9.17) is 13.8 Å². The minimum Gasteiger partial charge on any atom is -0.756 e. The maximum absolute atomic E-state index is 13.5. The van der Waals surface area contributed by atoms with E-state index in [-0.39, 0.29) is 24.9 Å². The van der Waals surface area contributed by atoms with Crippen molar-refractivity contribution in [3.63, 3.8) is 0 Å². The van der Waals surface area contributed by atoms with Crippen molar-refractivity contribution in [2.75, 3.05) is 40.9 Å². The van der Waals surface area contributed by atoms with Gasteiger partial charge >= 0.3 is 5.97 Å². The molecule has 0 aromatic rings. The molecule has 0 spiro atoms. The van der Waals surface area contributed by atoms with Gasteiger partial charge in [-0.1, -0.05) is 235 Å². The fourth-order valence-corrected chi connectivity index (χ4v) is 8.78. The van der Waals surface area contributed by atoms with Crippen LogP contribution < -0.4 is 10.2 Å². The van der Waals surface area contributed by atoms with E-state index in [1.807, 2.05) is 33.3 Å². The van der Waals surface area contributed by atoms with Gasteiger partial charge in [0.1, 0.15) is 19.3 Å². The summed E-state index contributed by atoms with van der Waals surface area (Å²) in [7, 11) is 1.15. The molecular formula is C62H111N2O7P. The molecule has 0 aliphatic rings. The van der Waals surface area contributed by atoms with E-state index in [1.54, 1.807) is 0 Å². The highest BCUT2D eigenvalue weighted by molar-refractivity contribution is 7.45. The Morgan fingerprint density at radius 3 is 1.35 bits per heavy atom. The number of rotatable bonds is 52. The Morgan fingerprint density at radius 1 is 0.500 bits per heavy atom. The maximum Gasteiger partial charge on any atom is 0.306 e. The van der Waals surface area contributed by atoms with Gasteiger partial charge in [0.2, 0.25) is 5.91 Å². The van der Waals surface area contributed by atoms with Crippen molar-refractivity contribution in [3.05, 3.63) is 85.1 Å². The van der Waals surface area contributed by atoms with E-state index in [9.17, 15) is 19.0 Å². The van der Waals surface area contributed by atoms with Crippen molar-refractivity contribution >= 4 is 19.7 Å². The lowest BCUT2D eigenvalue weighted by Crippen LogP contribution is -2.47. The molecule has 0 saturated heterocycles. The van der Waals surface area contributed by atoms with E-state index >= 15 is 0 Å². The average molecular weight is 1030 g/mol. The van der Waals surface area contributed by atoms with Crippen molar-refractivity contribution in [2.24, 2.45) is 0 Å². The van der Waals surface area contributed by atoms with Gasteiger partial charge in [-0.05, 0) is 83.1 Å².